The fourth-order valence-corrected chi connectivity index (χ4v) is 3.80. The number of hydrogen-bond acceptors (Lipinski definition) is 9. The Hall–Kier alpha value is -3.82. The molecule has 0 unspecified atom stereocenters. The molecular weight excluding hydrogens is 396 g/mol. The first-order valence-corrected chi connectivity index (χ1v) is 10.1. The summed E-state index contributed by atoms with van der Waals surface area (Å²) in [4.78, 5) is 26.6. The monoisotopic (exact) mass is 418 g/mol. The van der Waals surface area contributed by atoms with Crippen LogP contribution in [0.1, 0.15) is 49.1 Å². The number of aromatic nitrogens is 6. The van der Waals surface area contributed by atoms with E-state index < -0.39 is 0 Å². The Kier molecular flexibility index (Phi) is 4.42. The van der Waals surface area contributed by atoms with Gasteiger partial charge in [-0.25, -0.2) is 15.0 Å². The summed E-state index contributed by atoms with van der Waals surface area (Å²) in [7, 11) is 0. The lowest BCUT2D eigenvalue weighted by atomic mass is 10.1. The van der Waals surface area contributed by atoms with E-state index >= 15 is 0 Å². The van der Waals surface area contributed by atoms with Gasteiger partial charge in [-0.1, -0.05) is 12.1 Å². The van der Waals surface area contributed by atoms with E-state index in [0.717, 1.165) is 18.4 Å². The minimum absolute atomic E-state index is 0.01000. The molecule has 0 aliphatic heterocycles. The van der Waals surface area contributed by atoms with Gasteiger partial charge in [-0.2, -0.15) is 0 Å². The van der Waals surface area contributed by atoms with Crippen molar-refractivity contribution in [3.8, 4) is 11.5 Å². The fourth-order valence-electron chi connectivity index (χ4n) is 3.80. The van der Waals surface area contributed by atoms with Crippen molar-refractivity contribution in [3.05, 3.63) is 52.2 Å². The SMILES string of the molecule is Cc1nnc(-c2c(N)ncnc2N[C@@H](C)c2nc3cccc(C)c3c(=O)n2C2CC2)o1. The van der Waals surface area contributed by atoms with Crippen molar-refractivity contribution in [2.24, 2.45) is 0 Å². The number of nitrogens with one attached hydrogen (secondary N) is 1. The van der Waals surface area contributed by atoms with Crippen molar-refractivity contribution in [3.63, 3.8) is 0 Å². The predicted molar refractivity (Wildman–Crippen MR) is 116 cm³/mol. The standard InChI is InChI=1S/C21H22N8O2/c1-10-5-4-6-14-15(10)21(30)29(13-7-8-13)19(26-14)11(2)25-18-16(17(22)23-9-24-18)20-28-27-12(3)31-20/h4-6,9,11,13H,7-8H2,1-3H3,(H3,22,23,24,25)/t11-/m0/s1. The Bertz CT molecular complexity index is 1360. The summed E-state index contributed by atoms with van der Waals surface area (Å²) in [5.41, 5.74) is 8.11. The molecule has 0 saturated heterocycles. The van der Waals surface area contributed by atoms with Crippen LogP contribution in [0.15, 0.2) is 33.7 Å². The molecule has 3 N–H and O–H groups in total. The van der Waals surface area contributed by atoms with Crippen molar-refractivity contribution in [2.75, 3.05) is 11.1 Å². The third-order valence-electron chi connectivity index (χ3n) is 5.43. The second kappa shape index (κ2) is 7.15. The van der Waals surface area contributed by atoms with Crippen LogP contribution in [0, 0.1) is 13.8 Å². The van der Waals surface area contributed by atoms with Crippen molar-refractivity contribution in [1.29, 1.82) is 0 Å². The maximum absolute atomic E-state index is 13.4. The van der Waals surface area contributed by atoms with Crippen LogP contribution in [-0.4, -0.2) is 29.7 Å². The smallest absolute Gasteiger partial charge is 0.261 e. The van der Waals surface area contributed by atoms with Crippen LogP contribution in [0.2, 0.25) is 0 Å². The molecule has 158 valence electrons. The lowest BCUT2D eigenvalue weighted by Gasteiger charge is -2.21. The second-order valence-corrected chi connectivity index (χ2v) is 7.82. The second-order valence-electron chi connectivity index (χ2n) is 7.82. The highest BCUT2D eigenvalue weighted by Crippen LogP contribution is 2.37. The minimum Gasteiger partial charge on any atom is -0.421 e. The molecule has 1 fully saturated rings. The van der Waals surface area contributed by atoms with E-state index in [-0.39, 0.29) is 29.4 Å². The average molecular weight is 418 g/mol. The fraction of sp³-hybridized carbons (Fsp3) is 0.333. The zero-order valence-electron chi connectivity index (χ0n) is 17.5. The van der Waals surface area contributed by atoms with E-state index in [9.17, 15) is 4.79 Å². The van der Waals surface area contributed by atoms with Crippen molar-refractivity contribution in [2.45, 2.75) is 45.7 Å². The first kappa shape index (κ1) is 19.2. The van der Waals surface area contributed by atoms with Gasteiger partial charge in [0, 0.05) is 13.0 Å². The van der Waals surface area contributed by atoms with Crippen LogP contribution >= 0.6 is 0 Å². The summed E-state index contributed by atoms with van der Waals surface area (Å²) in [6, 6.07) is 5.54. The molecule has 10 nitrogen and oxygen atoms in total. The molecule has 0 amide bonds. The van der Waals surface area contributed by atoms with Crippen LogP contribution in [0.3, 0.4) is 0 Å². The number of nitrogens with zero attached hydrogens (tertiary/aromatic N) is 6. The van der Waals surface area contributed by atoms with E-state index in [1.54, 1.807) is 6.92 Å². The van der Waals surface area contributed by atoms with Gasteiger partial charge in [-0.3, -0.25) is 9.36 Å². The van der Waals surface area contributed by atoms with Crippen LogP contribution in [0.5, 0.6) is 0 Å². The molecular formula is C21H22N8O2. The lowest BCUT2D eigenvalue weighted by molar-refractivity contribution is 0.532. The van der Waals surface area contributed by atoms with Gasteiger partial charge in [-0.15, -0.1) is 10.2 Å². The molecule has 5 rings (SSSR count). The minimum atomic E-state index is -0.338. The molecule has 0 bridgehead atoms. The van der Waals surface area contributed by atoms with Gasteiger partial charge in [0.1, 0.15) is 29.4 Å². The molecule has 0 spiro atoms. The van der Waals surface area contributed by atoms with E-state index in [1.165, 1.54) is 6.33 Å². The van der Waals surface area contributed by atoms with Crippen LogP contribution in [0.25, 0.3) is 22.4 Å². The van der Waals surface area contributed by atoms with Crippen molar-refractivity contribution in [1.82, 2.24) is 29.7 Å². The van der Waals surface area contributed by atoms with Gasteiger partial charge in [0.2, 0.25) is 5.89 Å². The number of hydrogen-bond donors (Lipinski definition) is 2. The Labute approximate surface area is 177 Å². The summed E-state index contributed by atoms with van der Waals surface area (Å²) >= 11 is 0. The molecule has 3 heterocycles. The summed E-state index contributed by atoms with van der Waals surface area (Å²) in [6.07, 6.45) is 3.29. The Balaban J connectivity index is 1.61. The van der Waals surface area contributed by atoms with Gasteiger partial charge in [-0.05, 0) is 38.3 Å². The molecule has 10 heteroatoms. The number of aryl methyl sites for hydroxylation is 2. The van der Waals surface area contributed by atoms with Gasteiger partial charge in [0.05, 0.1) is 16.9 Å². The van der Waals surface area contributed by atoms with Crippen LogP contribution in [-0.2, 0) is 0 Å². The van der Waals surface area contributed by atoms with Gasteiger partial charge >= 0.3 is 0 Å². The number of benzene rings is 1. The van der Waals surface area contributed by atoms with E-state index in [1.807, 2.05) is 36.6 Å². The summed E-state index contributed by atoms with van der Waals surface area (Å²) in [6.45, 7) is 5.57. The quantitative estimate of drug-likeness (QED) is 0.501. The number of fused-ring (bicyclic) bond motifs is 1. The molecule has 0 radical (unpaired) electrons. The molecule has 1 aromatic carbocycles. The van der Waals surface area contributed by atoms with Crippen LogP contribution in [0.4, 0.5) is 11.6 Å². The van der Waals surface area contributed by atoms with E-state index in [4.69, 9.17) is 15.1 Å². The highest BCUT2D eigenvalue weighted by atomic mass is 16.4. The highest BCUT2D eigenvalue weighted by Gasteiger charge is 2.31. The Morgan fingerprint density at radius 2 is 2.03 bits per heavy atom. The van der Waals surface area contributed by atoms with Gasteiger partial charge < -0.3 is 15.5 Å². The molecule has 1 atom stereocenters. The normalized spacial score (nSPS) is 14.7. The predicted octanol–water partition coefficient (Wildman–Crippen LogP) is 2.94. The zero-order chi connectivity index (χ0) is 21.7. The molecule has 1 aliphatic rings. The third-order valence-corrected chi connectivity index (χ3v) is 5.43. The summed E-state index contributed by atoms with van der Waals surface area (Å²) in [5, 5.41) is 11.9. The maximum atomic E-state index is 13.4. The average Bonchev–Trinajstić information content (AvgIpc) is 3.48. The maximum Gasteiger partial charge on any atom is 0.261 e. The topological polar surface area (TPSA) is 138 Å². The number of nitrogens with two attached hydrogens (primary N) is 1. The van der Waals surface area contributed by atoms with Gasteiger partial charge in [0.15, 0.2) is 0 Å². The summed E-state index contributed by atoms with van der Waals surface area (Å²) in [5.74, 6) is 1.94. The van der Waals surface area contributed by atoms with Gasteiger partial charge in [0.25, 0.3) is 11.4 Å². The van der Waals surface area contributed by atoms with Crippen molar-refractivity contribution < 1.29 is 4.42 Å². The first-order chi connectivity index (χ1) is 14.9. The third kappa shape index (κ3) is 3.29. The largest absolute Gasteiger partial charge is 0.421 e. The molecule has 31 heavy (non-hydrogen) atoms. The Morgan fingerprint density at radius 3 is 2.74 bits per heavy atom. The Morgan fingerprint density at radius 1 is 1.23 bits per heavy atom. The highest BCUT2D eigenvalue weighted by molar-refractivity contribution is 5.81. The van der Waals surface area contributed by atoms with E-state index in [0.29, 0.717) is 34.0 Å². The van der Waals surface area contributed by atoms with E-state index in [2.05, 4.69) is 25.5 Å². The zero-order valence-corrected chi connectivity index (χ0v) is 17.5. The van der Waals surface area contributed by atoms with Crippen molar-refractivity contribution >= 4 is 22.5 Å². The number of nitrogen functional groups attached to an aromatic ring is 1. The lowest BCUT2D eigenvalue weighted by Crippen LogP contribution is -2.28. The summed E-state index contributed by atoms with van der Waals surface area (Å²) < 4.78 is 7.36. The molecule has 3 aromatic heterocycles. The molecule has 4 aromatic rings. The molecule has 1 saturated carbocycles. The molecule has 1 aliphatic carbocycles. The number of anilines is 2. The first-order valence-electron chi connectivity index (χ1n) is 10.1. The number of rotatable bonds is 5. The van der Waals surface area contributed by atoms with Crippen LogP contribution < -0.4 is 16.6 Å².